The van der Waals surface area contributed by atoms with E-state index in [9.17, 15) is 0 Å². The average molecular weight is 417 g/mol. The van der Waals surface area contributed by atoms with Crippen LogP contribution < -0.4 is 17.2 Å². The summed E-state index contributed by atoms with van der Waals surface area (Å²) in [6.07, 6.45) is 0. The van der Waals surface area contributed by atoms with Crippen molar-refractivity contribution in [3.8, 4) is 0 Å². The summed E-state index contributed by atoms with van der Waals surface area (Å²) in [7, 11) is 2.87. The number of aliphatic hydroxyl groups excluding tert-OH is 2. The third-order valence-corrected chi connectivity index (χ3v) is 2.03. The van der Waals surface area contributed by atoms with Crippen molar-refractivity contribution >= 4 is 99.1 Å². The second kappa shape index (κ2) is 26.6. The van der Waals surface area contributed by atoms with Crippen LogP contribution in [0.2, 0.25) is 0 Å². The first kappa shape index (κ1) is 34.2. The molecule has 0 bridgehead atoms. The van der Waals surface area contributed by atoms with Gasteiger partial charge in [0.05, 0.1) is 14.2 Å². The third kappa shape index (κ3) is 61.4. The fraction of sp³-hybridized carbons (Fsp3) is 0.600. The van der Waals surface area contributed by atoms with Gasteiger partial charge in [-0.15, -0.1) is 0 Å². The minimum atomic E-state index is -0.500. The SMILES string of the molecule is CCN(CC)C(O)=S.COC(N)=S.COC(N)=S.NC(O)=S.[NaH]. The van der Waals surface area contributed by atoms with Crippen LogP contribution in [0.25, 0.3) is 0 Å². The Balaban J connectivity index is -0.0000000641. The summed E-state index contributed by atoms with van der Waals surface area (Å²) in [5.74, 6) is 0. The zero-order chi connectivity index (χ0) is 18.7. The predicted octanol–water partition coefficient (Wildman–Crippen LogP) is 0.0634. The summed E-state index contributed by atoms with van der Waals surface area (Å²) in [5.41, 5.74) is 14.0. The molecule has 0 aromatic heterocycles. The quantitative estimate of drug-likeness (QED) is 0.307. The van der Waals surface area contributed by atoms with Crippen molar-refractivity contribution in [2.45, 2.75) is 13.8 Å². The van der Waals surface area contributed by atoms with Crippen LogP contribution in [0.5, 0.6) is 0 Å². The Morgan fingerprint density at radius 1 is 0.870 bits per heavy atom. The molecule has 0 aliphatic rings. The second-order valence-electron chi connectivity index (χ2n) is 2.84. The predicted molar refractivity (Wildman–Crippen MR) is 112 cm³/mol. The van der Waals surface area contributed by atoms with Crippen LogP contribution in [0.1, 0.15) is 13.8 Å². The molecule has 0 saturated carbocycles. The van der Waals surface area contributed by atoms with E-state index in [0.717, 1.165) is 13.1 Å². The Labute approximate surface area is 180 Å². The van der Waals surface area contributed by atoms with Crippen LogP contribution in [-0.2, 0) is 9.47 Å². The van der Waals surface area contributed by atoms with E-state index in [-0.39, 0.29) is 45.1 Å². The van der Waals surface area contributed by atoms with Gasteiger partial charge in [0, 0.05) is 13.1 Å². The zero-order valence-corrected chi connectivity index (χ0v) is 16.2. The van der Waals surface area contributed by atoms with Gasteiger partial charge >= 0.3 is 29.6 Å². The molecule has 0 fully saturated rings. The second-order valence-corrected chi connectivity index (χ2v) is 4.43. The zero-order valence-electron chi connectivity index (χ0n) is 12.9. The van der Waals surface area contributed by atoms with Crippen molar-refractivity contribution in [2.24, 2.45) is 17.2 Å². The fourth-order valence-electron chi connectivity index (χ4n) is 0.494. The van der Waals surface area contributed by atoms with Crippen molar-refractivity contribution < 1.29 is 19.7 Å². The van der Waals surface area contributed by atoms with Gasteiger partial charge in [-0.3, -0.25) is 0 Å². The number of methoxy groups -OCH3 is 2. The van der Waals surface area contributed by atoms with Crippen molar-refractivity contribution in [3.05, 3.63) is 0 Å². The molecule has 0 heterocycles. The molecular weight excluding hydrogens is 391 g/mol. The van der Waals surface area contributed by atoms with E-state index >= 15 is 0 Å². The van der Waals surface area contributed by atoms with Crippen molar-refractivity contribution in [1.82, 2.24) is 4.90 Å². The van der Waals surface area contributed by atoms with Gasteiger partial charge in [0.25, 0.3) is 20.7 Å². The van der Waals surface area contributed by atoms with Crippen LogP contribution in [0.3, 0.4) is 0 Å². The Bertz CT molecular complexity index is 316. The monoisotopic (exact) mass is 416 g/mol. The summed E-state index contributed by atoms with van der Waals surface area (Å²) in [4.78, 5) is 1.70. The molecule has 0 rings (SSSR count). The van der Waals surface area contributed by atoms with Crippen LogP contribution in [0.15, 0.2) is 0 Å². The maximum atomic E-state index is 8.67. The molecular formula is C10H25N4NaO4S4. The molecule has 0 amide bonds. The van der Waals surface area contributed by atoms with E-state index in [0.29, 0.717) is 0 Å². The van der Waals surface area contributed by atoms with E-state index in [4.69, 9.17) is 21.7 Å². The molecule has 0 saturated heterocycles. The van der Waals surface area contributed by atoms with Crippen molar-refractivity contribution in [2.75, 3.05) is 27.3 Å². The number of aliphatic hydroxyl groups is 2. The van der Waals surface area contributed by atoms with E-state index < -0.39 is 5.17 Å². The molecule has 8 nitrogen and oxygen atoms in total. The number of ether oxygens (including phenoxy) is 2. The fourth-order valence-corrected chi connectivity index (χ4v) is 0.752. The van der Waals surface area contributed by atoms with Gasteiger partial charge in [0.1, 0.15) is 0 Å². The molecule has 0 aliphatic carbocycles. The molecule has 134 valence electrons. The van der Waals surface area contributed by atoms with E-state index in [1.165, 1.54) is 14.2 Å². The molecule has 23 heavy (non-hydrogen) atoms. The van der Waals surface area contributed by atoms with E-state index in [1.807, 2.05) is 13.8 Å². The van der Waals surface area contributed by atoms with Crippen LogP contribution >= 0.6 is 48.9 Å². The molecule has 8 N–H and O–H groups in total. The van der Waals surface area contributed by atoms with Gasteiger partial charge in [0.2, 0.25) is 0 Å². The number of thiocarbonyl (C=S) groups is 4. The van der Waals surface area contributed by atoms with Gasteiger partial charge in [-0.2, -0.15) is 0 Å². The first-order valence-corrected chi connectivity index (χ1v) is 7.26. The molecule has 0 aliphatic heterocycles. The van der Waals surface area contributed by atoms with Crippen LogP contribution in [0.4, 0.5) is 0 Å². The minimum absolute atomic E-state index is 0. The average Bonchev–Trinajstić information content (AvgIpc) is 2.40. The Morgan fingerprint density at radius 3 is 1.04 bits per heavy atom. The summed E-state index contributed by atoms with van der Waals surface area (Å²) in [5, 5.41) is 15.9. The number of hydrogen-bond donors (Lipinski definition) is 5. The molecule has 0 spiro atoms. The Hall–Kier alpha value is -0.240. The standard InChI is InChI=1S/C5H11NOS.2C2H5NOS.CH3NOS.Na.H/c1-3-6(4-2)5(7)8;2*1-4-2(3)5;2-1(3)4;;/h3-4H2,1-2H3,(H,7,8);2*1H3,(H2,3,5);(H3,2,3,4);;. The number of rotatable bonds is 2. The molecule has 0 radical (unpaired) electrons. The van der Waals surface area contributed by atoms with Crippen molar-refractivity contribution in [1.29, 1.82) is 0 Å². The summed E-state index contributed by atoms with van der Waals surface area (Å²) in [6, 6.07) is 0. The van der Waals surface area contributed by atoms with Gasteiger partial charge in [0.15, 0.2) is 0 Å². The number of nitrogens with zero attached hydrogens (tertiary/aromatic N) is 1. The number of nitrogens with two attached hydrogens (primary N) is 3. The topological polar surface area (TPSA) is 140 Å². The normalized spacial score (nSPS) is 6.96. The summed E-state index contributed by atoms with van der Waals surface area (Å²) in [6.45, 7) is 5.47. The molecule has 0 aromatic rings. The summed E-state index contributed by atoms with van der Waals surface area (Å²) >= 11 is 16.9. The molecule has 0 unspecified atom stereocenters. The third-order valence-electron chi connectivity index (χ3n) is 1.44. The Kier molecular flexibility index (Phi) is 39.6. The van der Waals surface area contributed by atoms with Gasteiger partial charge in [-0.1, -0.05) is 0 Å². The molecule has 0 aromatic carbocycles. The van der Waals surface area contributed by atoms with Crippen LogP contribution in [0, 0.1) is 0 Å². The molecule has 0 atom stereocenters. The van der Waals surface area contributed by atoms with E-state index in [1.54, 1.807) is 4.90 Å². The summed E-state index contributed by atoms with van der Waals surface area (Å²) < 4.78 is 8.52. The van der Waals surface area contributed by atoms with Gasteiger partial charge < -0.3 is 41.8 Å². The number of hydrogen-bond acceptors (Lipinski definition) is 6. The first-order chi connectivity index (χ1) is 9.99. The van der Waals surface area contributed by atoms with E-state index in [2.05, 4.69) is 64.1 Å². The van der Waals surface area contributed by atoms with Crippen LogP contribution in [-0.4, -0.2) is 92.7 Å². The van der Waals surface area contributed by atoms with Gasteiger partial charge in [-0.25, -0.2) is 0 Å². The van der Waals surface area contributed by atoms with Crippen molar-refractivity contribution in [3.63, 3.8) is 0 Å². The molecule has 13 heteroatoms. The first-order valence-electron chi connectivity index (χ1n) is 5.62. The Morgan fingerprint density at radius 2 is 1.04 bits per heavy atom. The van der Waals surface area contributed by atoms with Gasteiger partial charge in [-0.05, 0) is 62.7 Å². The maximum absolute atomic E-state index is 8.67.